The molecule has 0 spiro atoms. The number of hydrogen-bond donors (Lipinski definition) is 0. The van der Waals surface area contributed by atoms with Crippen LogP contribution in [0.5, 0.6) is 0 Å². The molecule has 0 aliphatic heterocycles. The Bertz CT molecular complexity index is 1720. The van der Waals surface area contributed by atoms with Gasteiger partial charge in [0.1, 0.15) is 0 Å². The third kappa shape index (κ3) is 12.4. The molecule has 0 radical (unpaired) electrons. The van der Waals surface area contributed by atoms with Gasteiger partial charge >= 0.3 is 411 Å². The second-order valence-electron chi connectivity index (χ2n) is 17.5. The molecule has 3 aromatic carbocycles. The van der Waals surface area contributed by atoms with Crippen LogP contribution in [0.4, 0.5) is 0 Å². The summed E-state index contributed by atoms with van der Waals surface area (Å²) in [7, 11) is -3.00. The van der Waals surface area contributed by atoms with Gasteiger partial charge in [-0.15, -0.1) is 0 Å². The van der Waals surface area contributed by atoms with Crippen molar-refractivity contribution in [3.63, 3.8) is 0 Å². The van der Waals surface area contributed by atoms with Crippen LogP contribution in [0.3, 0.4) is 0 Å². The maximum atomic E-state index is 4.60. The summed E-state index contributed by atoms with van der Waals surface area (Å²) in [5, 5.41) is 5.69. The molecule has 0 saturated heterocycles. The summed E-state index contributed by atoms with van der Waals surface area (Å²) in [4.78, 5) is 0. The van der Waals surface area contributed by atoms with Crippen LogP contribution in [0.2, 0.25) is 108 Å². The van der Waals surface area contributed by atoms with Gasteiger partial charge in [-0.1, -0.05) is 0 Å². The third-order valence-corrected chi connectivity index (χ3v) is 45.2. The third-order valence-electron chi connectivity index (χ3n) is 11.9. The summed E-state index contributed by atoms with van der Waals surface area (Å²) in [6.45, 7) is 10.3. The molecule has 1 unspecified atom stereocenters. The second kappa shape index (κ2) is 25.5. The normalized spacial score (nSPS) is 15.9. The molecule has 14 heteroatoms. The van der Waals surface area contributed by atoms with Gasteiger partial charge in [0.15, 0.2) is 0 Å². The first-order valence-electron chi connectivity index (χ1n) is 19.3. The summed E-state index contributed by atoms with van der Waals surface area (Å²) in [6, 6.07) is 17.3. The van der Waals surface area contributed by atoms with Crippen LogP contribution in [-0.4, -0.2) is 140 Å². The van der Waals surface area contributed by atoms with Gasteiger partial charge in [-0.25, -0.2) is 0 Å². The SMILES string of the molecule is CC1=[C-]C(C)([Si](c2c([As](C)C)cc([As](C)C)cc2[As](C)C)(c2c([As](C)C)cc([As](C)C)cc2[As](C)C)c2c([As](C)C)cc([As](C)C)cc2[As](C)C)C(C)=C1C.[Cl-].[Cl-].[Cl-].[Ti+4]. The van der Waals surface area contributed by atoms with E-state index in [-0.39, 0.29) is 64.0 Å². The van der Waals surface area contributed by atoms with Crippen molar-refractivity contribution < 1.29 is 58.9 Å². The zero-order valence-electron chi connectivity index (χ0n) is 40.1. The van der Waals surface area contributed by atoms with E-state index in [0.717, 1.165) is 0 Å². The summed E-state index contributed by atoms with van der Waals surface area (Å²) >= 11 is -11.7. The van der Waals surface area contributed by atoms with Crippen molar-refractivity contribution in [1.29, 1.82) is 0 Å². The maximum absolute atomic E-state index is 4.60. The van der Waals surface area contributed by atoms with Crippen LogP contribution in [0.15, 0.2) is 53.1 Å². The Hall–Kier alpha value is 3.97. The number of rotatable bonds is 13. The van der Waals surface area contributed by atoms with Gasteiger partial charge in [0.2, 0.25) is 0 Å². The Labute approximate surface area is 441 Å². The van der Waals surface area contributed by atoms with Crippen molar-refractivity contribution in [1.82, 2.24) is 0 Å². The molecule has 4 rings (SSSR count). The number of allylic oxidation sites excluding steroid dienone is 4. The Morgan fingerprint density at radius 2 is 0.593 bits per heavy atom. The van der Waals surface area contributed by atoms with Crippen molar-refractivity contribution in [3.8, 4) is 0 Å². The van der Waals surface area contributed by atoms with Crippen LogP contribution in [0.25, 0.3) is 0 Å². The first-order chi connectivity index (χ1) is 25.4. The first-order valence-corrected chi connectivity index (χ1v) is 63.5. The van der Waals surface area contributed by atoms with Crippen molar-refractivity contribution in [2.24, 2.45) is 0 Å². The molecule has 326 valence electrons. The molecular formula is C45H72As9Cl3SiTi. The Morgan fingerprint density at radius 3 is 0.729 bits per heavy atom. The summed E-state index contributed by atoms with van der Waals surface area (Å²) < 4.78 is 16.4. The summed E-state index contributed by atoms with van der Waals surface area (Å²) in [6.07, 6.45) is 4.60. The van der Waals surface area contributed by atoms with Crippen LogP contribution in [-0.2, 0) is 21.7 Å². The van der Waals surface area contributed by atoms with Crippen molar-refractivity contribution in [2.75, 3.05) is 0 Å². The molecule has 1 aliphatic carbocycles. The predicted molar refractivity (Wildman–Crippen MR) is 277 cm³/mol. The average Bonchev–Trinajstić information content (AvgIpc) is 3.29. The number of hydrogen-bond acceptors (Lipinski definition) is 0. The van der Waals surface area contributed by atoms with E-state index in [1.54, 1.807) is 18.6 Å². The molecule has 0 amide bonds. The van der Waals surface area contributed by atoms with E-state index < -0.39 is 140 Å². The Morgan fingerprint density at radius 1 is 0.390 bits per heavy atom. The van der Waals surface area contributed by atoms with E-state index in [9.17, 15) is 0 Å². The van der Waals surface area contributed by atoms with Gasteiger partial charge in [-0.3, -0.25) is 0 Å². The fourth-order valence-corrected chi connectivity index (χ4v) is 49.1. The molecule has 0 aromatic heterocycles. The van der Waals surface area contributed by atoms with Crippen LogP contribution < -0.4 is 91.9 Å². The molecule has 0 saturated carbocycles. The molecule has 0 heterocycles. The van der Waals surface area contributed by atoms with Gasteiger partial charge in [-0.05, 0) is 0 Å². The summed E-state index contributed by atoms with van der Waals surface area (Å²) in [5.74, 6) is 0. The standard InChI is InChI=1S/C45H72As9Si.3ClH.Ti/c1-30-29-45(4,32(3)31(30)2)55(42-36(49(11)12)23-33(46(5)6)24-37(42)50(13)14,43-38(51(15)16)25-34(47(7)8)26-39(43)52(17)18)44-40(53(19)20)27-35(48(9)10)28-41(44)54(21)22;;;;/h23-28H,1-22H3;3*1H;/q-1;;;;+4/p-3. The van der Waals surface area contributed by atoms with Gasteiger partial charge in [0.25, 0.3) is 0 Å². The van der Waals surface area contributed by atoms with E-state index in [4.69, 9.17) is 0 Å². The van der Waals surface area contributed by atoms with Gasteiger partial charge in [-0.2, -0.15) is 0 Å². The Balaban J connectivity index is 0.00000841. The van der Waals surface area contributed by atoms with E-state index in [1.165, 1.54) is 11.1 Å². The first kappa shape index (κ1) is 63.0. The quantitative estimate of drug-likeness (QED) is 0.0926. The molecule has 1 atom stereocenters. The minimum absolute atomic E-state index is 0. The fourth-order valence-electron chi connectivity index (χ4n) is 8.55. The van der Waals surface area contributed by atoms with Gasteiger partial charge in [0, 0.05) is 0 Å². The molecule has 0 nitrogen and oxygen atoms in total. The molecular weight excluding hydrogens is 1400 g/mol. The van der Waals surface area contributed by atoms with Gasteiger partial charge < -0.3 is 37.2 Å². The molecule has 0 bridgehead atoms. The number of benzene rings is 3. The van der Waals surface area contributed by atoms with Crippen molar-refractivity contribution >= 4 is 195 Å². The maximum Gasteiger partial charge on any atom is 4.00 e. The van der Waals surface area contributed by atoms with Crippen LogP contribution >= 0.6 is 0 Å². The number of halogens is 3. The molecule has 0 N–H and O–H groups in total. The molecule has 59 heavy (non-hydrogen) atoms. The topological polar surface area (TPSA) is 0 Å². The van der Waals surface area contributed by atoms with E-state index in [1.807, 2.05) is 41.7 Å². The average molecular weight is 1470 g/mol. The fraction of sp³-hybridized carbons (Fsp3) is 0.511. The minimum Gasteiger partial charge on any atom is -1.00 e. The smallest absolute Gasteiger partial charge is 1.00 e. The molecule has 0 fully saturated rings. The molecule has 1 aliphatic rings. The van der Waals surface area contributed by atoms with Crippen LogP contribution in [0.1, 0.15) is 27.7 Å². The van der Waals surface area contributed by atoms with Crippen molar-refractivity contribution in [2.45, 2.75) is 136 Å². The predicted octanol–water partition coefficient (Wildman–Crippen LogP) is -4.32. The largest absolute Gasteiger partial charge is 4.00 e. The Kier molecular flexibility index (Phi) is 27.3. The summed E-state index contributed by atoms with van der Waals surface area (Å²) in [5.41, 5.74) is 52.6. The monoisotopic (exact) mass is 1470 g/mol. The van der Waals surface area contributed by atoms with Gasteiger partial charge in [0.05, 0.1) is 0 Å². The van der Waals surface area contributed by atoms with Crippen molar-refractivity contribution in [3.05, 3.63) is 59.2 Å². The van der Waals surface area contributed by atoms with E-state index in [0.29, 0.717) is 0 Å². The molecule has 3 aromatic rings. The van der Waals surface area contributed by atoms with E-state index in [2.05, 4.69) is 173 Å². The second-order valence-corrected chi connectivity index (χ2v) is 64.6. The zero-order chi connectivity index (χ0) is 41.8. The van der Waals surface area contributed by atoms with Crippen LogP contribution in [0, 0.1) is 6.08 Å². The minimum atomic E-state index is -3.00. The zero-order valence-corrected chi connectivity index (χ0v) is 61.8. The van der Waals surface area contributed by atoms with E-state index >= 15 is 0 Å².